The van der Waals surface area contributed by atoms with Crippen molar-refractivity contribution in [1.29, 1.82) is 0 Å². The molecule has 1 fully saturated rings. The third-order valence-electron chi connectivity index (χ3n) is 5.02. The van der Waals surface area contributed by atoms with Crippen molar-refractivity contribution in [2.45, 2.75) is 39.0 Å². The van der Waals surface area contributed by atoms with Crippen LogP contribution in [0.1, 0.15) is 49.7 Å². The van der Waals surface area contributed by atoms with Crippen molar-refractivity contribution in [3.63, 3.8) is 0 Å². The van der Waals surface area contributed by atoms with E-state index >= 15 is 0 Å². The van der Waals surface area contributed by atoms with Crippen molar-refractivity contribution < 1.29 is 9.53 Å². The van der Waals surface area contributed by atoms with Crippen molar-refractivity contribution in [3.05, 3.63) is 35.5 Å². The van der Waals surface area contributed by atoms with E-state index < -0.39 is 0 Å². The van der Waals surface area contributed by atoms with Crippen LogP contribution in [0.3, 0.4) is 0 Å². The van der Waals surface area contributed by atoms with Gasteiger partial charge in [0.15, 0.2) is 0 Å². The Kier molecular flexibility index (Phi) is 5.99. The molecule has 0 radical (unpaired) electrons. The molecule has 0 saturated carbocycles. The Bertz CT molecular complexity index is 739. The van der Waals surface area contributed by atoms with Gasteiger partial charge in [-0.1, -0.05) is 32.9 Å². The third kappa shape index (κ3) is 4.86. The van der Waals surface area contributed by atoms with Crippen LogP contribution >= 0.6 is 0 Å². The molecule has 2 N–H and O–H groups in total. The van der Waals surface area contributed by atoms with E-state index in [1.54, 1.807) is 0 Å². The van der Waals surface area contributed by atoms with Crippen LogP contribution in [-0.4, -0.2) is 55.2 Å². The summed E-state index contributed by atoms with van der Waals surface area (Å²) in [4.78, 5) is 18.1. The first kappa shape index (κ1) is 18.9. The summed E-state index contributed by atoms with van der Waals surface area (Å²) in [6.45, 7) is 12.1. The lowest BCUT2D eigenvalue weighted by molar-refractivity contribution is 0.0372. The molecule has 0 atom stereocenters. The molecule has 1 aliphatic rings. The summed E-state index contributed by atoms with van der Waals surface area (Å²) >= 11 is 0. The molecular weight excluding hydrogens is 326 g/mol. The minimum absolute atomic E-state index is 0.0233. The highest BCUT2D eigenvalue weighted by Gasteiger charge is 2.16. The highest BCUT2D eigenvalue weighted by atomic mass is 16.5. The summed E-state index contributed by atoms with van der Waals surface area (Å²) in [5.74, 6) is -0.0233. The third-order valence-corrected chi connectivity index (χ3v) is 5.02. The van der Waals surface area contributed by atoms with E-state index in [1.165, 1.54) is 5.56 Å². The number of benzene rings is 1. The van der Waals surface area contributed by atoms with Gasteiger partial charge in [0.2, 0.25) is 0 Å². The summed E-state index contributed by atoms with van der Waals surface area (Å²) in [6, 6.07) is 8.31. The monoisotopic (exact) mass is 357 g/mol. The van der Waals surface area contributed by atoms with Crippen molar-refractivity contribution in [3.8, 4) is 0 Å². The van der Waals surface area contributed by atoms with Gasteiger partial charge in [-0.25, -0.2) is 0 Å². The van der Waals surface area contributed by atoms with E-state index in [9.17, 15) is 4.79 Å². The zero-order valence-corrected chi connectivity index (χ0v) is 16.2. The molecule has 2 aromatic rings. The number of fused-ring (bicyclic) bond motifs is 1. The predicted octanol–water partition coefficient (Wildman–Crippen LogP) is 3.31. The zero-order chi connectivity index (χ0) is 18.6. The lowest BCUT2D eigenvalue weighted by Gasteiger charge is -2.26. The molecule has 5 nitrogen and oxygen atoms in total. The maximum absolute atomic E-state index is 12.4. The fourth-order valence-corrected chi connectivity index (χ4v) is 3.30. The maximum atomic E-state index is 12.4. The average Bonchev–Trinajstić information content (AvgIpc) is 3.05. The van der Waals surface area contributed by atoms with Crippen LogP contribution in [0, 0.1) is 0 Å². The van der Waals surface area contributed by atoms with Gasteiger partial charge in [0.1, 0.15) is 5.69 Å². The van der Waals surface area contributed by atoms with Crippen LogP contribution in [0.15, 0.2) is 24.3 Å². The number of rotatable bonds is 6. The van der Waals surface area contributed by atoms with Gasteiger partial charge in [-0.15, -0.1) is 0 Å². The lowest BCUT2D eigenvalue weighted by Crippen LogP contribution is -2.37. The van der Waals surface area contributed by atoms with Crippen LogP contribution < -0.4 is 5.32 Å². The Labute approximate surface area is 156 Å². The quantitative estimate of drug-likeness (QED) is 0.780. The van der Waals surface area contributed by atoms with E-state index in [4.69, 9.17) is 4.74 Å². The molecule has 1 aliphatic heterocycles. The predicted molar refractivity (Wildman–Crippen MR) is 106 cm³/mol. The molecule has 0 aliphatic carbocycles. The minimum Gasteiger partial charge on any atom is -0.379 e. The maximum Gasteiger partial charge on any atom is 0.267 e. The highest BCUT2D eigenvalue weighted by molar-refractivity contribution is 5.98. The first-order chi connectivity index (χ1) is 12.4. The molecule has 2 heterocycles. The molecule has 1 amide bonds. The topological polar surface area (TPSA) is 57.4 Å². The number of unbranched alkanes of at least 4 members (excludes halogenated alkanes) is 1. The number of hydrogen-bond donors (Lipinski definition) is 2. The van der Waals surface area contributed by atoms with Gasteiger partial charge in [-0.2, -0.15) is 0 Å². The average molecular weight is 357 g/mol. The molecule has 0 unspecified atom stereocenters. The van der Waals surface area contributed by atoms with Gasteiger partial charge in [0.05, 0.1) is 13.2 Å². The Balaban J connectivity index is 1.48. The number of aromatic nitrogens is 1. The molecule has 142 valence electrons. The van der Waals surface area contributed by atoms with Crippen molar-refractivity contribution in [1.82, 2.24) is 15.2 Å². The normalized spacial score (nSPS) is 16.1. The second-order valence-electron chi connectivity index (χ2n) is 8.15. The van der Waals surface area contributed by atoms with Crippen LogP contribution in [0.2, 0.25) is 0 Å². The number of H-pyrrole nitrogens is 1. The summed E-state index contributed by atoms with van der Waals surface area (Å²) in [7, 11) is 0. The number of morpholine rings is 1. The van der Waals surface area contributed by atoms with Gasteiger partial charge < -0.3 is 15.0 Å². The van der Waals surface area contributed by atoms with Gasteiger partial charge in [-0.3, -0.25) is 9.69 Å². The fourth-order valence-electron chi connectivity index (χ4n) is 3.30. The fraction of sp³-hybridized carbons (Fsp3) is 0.571. The molecule has 1 aromatic heterocycles. The SMILES string of the molecule is CC(C)(C)c1ccc2cc(C(=O)NCCCCN3CCOCC3)[nH]c2c1. The second-order valence-corrected chi connectivity index (χ2v) is 8.15. The van der Waals surface area contributed by atoms with Crippen LogP contribution in [0.25, 0.3) is 10.9 Å². The number of carbonyl (C=O) groups is 1. The number of aromatic amines is 1. The Morgan fingerprint density at radius 3 is 2.69 bits per heavy atom. The minimum atomic E-state index is -0.0233. The van der Waals surface area contributed by atoms with Crippen LogP contribution in [0.5, 0.6) is 0 Å². The lowest BCUT2D eigenvalue weighted by atomic mass is 9.87. The molecule has 5 heteroatoms. The smallest absolute Gasteiger partial charge is 0.267 e. The molecule has 0 bridgehead atoms. The van der Waals surface area contributed by atoms with Gasteiger partial charge in [0.25, 0.3) is 5.91 Å². The summed E-state index contributed by atoms with van der Waals surface area (Å²) < 4.78 is 5.36. The van der Waals surface area contributed by atoms with Crippen molar-refractivity contribution in [2.75, 3.05) is 39.4 Å². The number of nitrogens with one attached hydrogen (secondary N) is 2. The number of amides is 1. The molecule has 0 spiro atoms. The van der Waals surface area contributed by atoms with E-state index in [2.05, 4.69) is 54.2 Å². The van der Waals surface area contributed by atoms with Gasteiger partial charge >= 0.3 is 0 Å². The number of nitrogens with zero attached hydrogens (tertiary/aromatic N) is 1. The number of ether oxygens (including phenoxy) is 1. The van der Waals surface area contributed by atoms with E-state index in [0.717, 1.165) is 56.6 Å². The Morgan fingerprint density at radius 1 is 1.19 bits per heavy atom. The van der Waals surface area contributed by atoms with E-state index in [0.29, 0.717) is 12.2 Å². The summed E-state index contributed by atoms with van der Waals surface area (Å²) in [5.41, 5.74) is 3.03. The number of hydrogen-bond acceptors (Lipinski definition) is 3. The standard InChI is InChI=1S/C21H31N3O2/c1-21(2,3)17-7-6-16-14-19(23-18(16)15-17)20(25)22-8-4-5-9-24-10-12-26-13-11-24/h6-7,14-15,23H,4-5,8-13H2,1-3H3,(H,22,25). The zero-order valence-electron chi connectivity index (χ0n) is 16.2. The Morgan fingerprint density at radius 2 is 1.96 bits per heavy atom. The first-order valence-electron chi connectivity index (χ1n) is 9.65. The molecule has 26 heavy (non-hydrogen) atoms. The van der Waals surface area contributed by atoms with Gasteiger partial charge in [0, 0.05) is 30.5 Å². The van der Waals surface area contributed by atoms with E-state index in [1.807, 2.05) is 6.07 Å². The highest BCUT2D eigenvalue weighted by Crippen LogP contribution is 2.26. The largest absolute Gasteiger partial charge is 0.379 e. The van der Waals surface area contributed by atoms with Crippen LogP contribution in [0.4, 0.5) is 0 Å². The van der Waals surface area contributed by atoms with Crippen molar-refractivity contribution >= 4 is 16.8 Å². The summed E-state index contributed by atoms with van der Waals surface area (Å²) in [6.07, 6.45) is 2.10. The summed E-state index contributed by atoms with van der Waals surface area (Å²) in [5, 5.41) is 4.11. The van der Waals surface area contributed by atoms with E-state index in [-0.39, 0.29) is 11.3 Å². The molecule has 1 aromatic carbocycles. The van der Waals surface area contributed by atoms with Crippen molar-refractivity contribution in [2.24, 2.45) is 0 Å². The number of carbonyl (C=O) groups excluding carboxylic acids is 1. The first-order valence-corrected chi connectivity index (χ1v) is 9.65. The Hall–Kier alpha value is -1.85. The molecule has 1 saturated heterocycles. The van der Waals surface area contributed by atoms with Crippen LogP contribution in [-0.2, 0) is 10.2 Å². The second kappa shape index (κ2) is 8.23. The molecular formula is C21H31N3O2. The molecule has 3 rings (SSSR count). The van der Waals surface area contributed by atoms with Gasteiger partial charge in [-0.05, 0) is 42.5 Å².